The molecule has 242 valence electrons. The van der Waals surface area contributed by atoms with Gasteiger partial charge in [0.2, 0.25) is 0 Å². The van der Waals surface area contributed by atoms with Gasteiger partial charge in [-0.2, -0.15) is 18.3 Å². The fraction of sp³-hybridized carbons (Fsp3) is 0.364. The molecule has 2 aliphatic rings. The molecule has 1 aromatic heterocycles. The first-order chi connectivity index (χ1) is 22.1. The molecule has 0 atom stereocenters. The number of piperidine rings is 1. The quantitative estimate of drug-likeness (QED) is 0.224. The van der Waals surface area contributed by atoms with Gasteiger partial charge < -0.3 is 25.4 Å². The van der Waals surface area contributed by atoms with Crippen molar-refractivity contribution in [2.24, 2.45) is 0 Å². The average Bonchev–Trinajstić information content (AvgIpc) is 3.49. The monoisotopic (exact) mass is 636 g/mol. The standard InChI is InChI=1S/C33H35F3N6O4/c34-33(35,36)24-16-23(18-26(20-24)42-9-6-27(43)7-10-42)31(44)38-25-3-1-2-21(17-25)22-4-5-28-29(19-22)39-40-30(28)32(45)37-8-11-41-12-14-46-15-13-41/h1-5,16-20,27,43H,6-15H2,(H,37,45)(H,38,44)(H,39,40). The van der Waals surface area contributed by atoms with E-state index in [1.165, 1.54) is 6.07 Å². The van der Waals surface area contributed by atoms with Crippen LogP contribution in [-0.2, 0) is 10.9 Å². The molecule has 0 radical (unpaired) electrons. The molecule has 4 N–H and O–H groups in total. The van der Waals surface area contributed by atoms with Crippen LogP contribution in [0, 0.1) is 0 Å². The third-order valence-corrected chi connectivity index (χ3v) is 8.39. The minimum atomic E-state index is -4.63. The summed E-state index contributed by atoms with van der Waals surface area (Å²) in [6, 6.07) is 15.8. The number of fused-ring (bicyclic) bond motifs is 1. The fourth-order valence-corrected chi connectivity index (χ4v) is 5.80. The van der Waals surface area contributed by atoms with Gasteiger partial charge in [0.15, 0.2) is 5.69 Å². The molecule has 0 bridgehead atoms. The van der Waals surface area contributed by atoms with Gasteiger partial charge in [-0.25, -0.2) is 0 Å². The minimum Gasteiger partial charge on any atom is -0.393 e. The number of aliphatic hydroxyl groups excluding tert-OH is 1. The van der Waals surface area contributed by atoms with Crippen LogP contribution >= 0.6 is 0 Å². The van der Waals surface area contributed by atoms with Gasteiger partial charge in [0.1, 0.15) is 0 Å². The minimum absolute atomic E-state index is 0.115. The zero-order valence-corrected chi connectivity index (χ0v) is 25.1. The number of benzene rings is 3. The Balaban J connectivity index is 1.16. The first-order valence-corrected chi connectivity index (χ1v) is 15.3. The molecule has 46 heavy (non-hydrogen) atoms. The largest absolute Gasteiger partial charge is 0.416 e. The summed E-state index contributed by atoms with van der Waals surface area (Å²) < 4.78 is 46.6. The number of rotatable bonds is 8. The molecule has 13 heteroatoms. The molecule has 0 aliphatic carbocycles. The molecule has 10 nitrogen and oxygen atoms in total. The number of nitrogens with zero attached hydrogens (tertiary/aromatic N) is 3. The van der Waals surface area contributed by atoms with Crippen molar-refractivity contribution in [3.63, 3.8) is 0 Å². The van der Waals surface area contributed by atoms with Gasteiger partial charge in [-0.15, -0.1) is 0 Å². The van der Waals surface area contributed by atoms with E-state index in [2.05, 4.69) is 25.7 Å². The summed E-state index contributed by atoms with van der Waals surface area (Å²) in [4.78, 5) is 30.1. The van der Waals surface area contributed by atoms with E-state index in [4.69, 9.17) is 4.74 Å². The van der Waals surface area contributed by atoms with Crippen LogP contribution in [0.1, 0.15) is 39.3 Å². The molecule has 0 unspecified atom stereocenters. The molecule has 3 heterocycles. The van der Waals surface area contributed by atoms with Gasteiger partial charge >= 0.3 is 6.18 Å². The Morgan fingerprint density at radius 1 is 0.957 bits per heavy atom. The zero-order valence-electron chi connectivity index (χ0n) is 25.1. The Bertz CT molecular complexity index is 1710. The number of hydrogen-bond donors (Lipinski definition) is 4. The number of anilines is 2. The van der Waals surface area contributed by atoms with Gasteiger partial charge in [-0.3, -0.25) is 19.6 Å². The topological polar surface area (TPSA) is 123 Å². The molecule has 3 aromatic carbocycles. The number of ether oxygens (including phenoxy) is 1. The maximum absolute atomic E-state index is 13.8. The SMILES string of the molecule is O=C(Nc1cccc(-c2ccc3c(C(=O)NCCN4CCOCC4)n[nH]c3c2)c1)c1cc(N2CCC(O)CC2)cc(C(F)(F)F)c1. The lowest BCUT2D eigenvalue weighted by atomic mass is 10.0. The van der Waals surface area contributed by atoms with Gasteiger partial charge in [0, 0.05) is 61.6 Å². The number of carbonyl (C=O) groups excluding carboxylic acids is 2. The van der Waals surface area contributed by atoms with Crippen LogP contribution in [-0.4, -0.2) is 90.6 Å². The Hall–Kier alpha value is -4.46. The van der Waals surface area contributed by atoms with Gasteiger partial charge in [0.05, 0.1) is 30.4 Å². The molecule has 2 saturated heterocycles. The van der Waals surface area contributed by atoms with E-state index < -0.39 is 23.8 Å². The van der Waals surface area contributed by atoms with Crippen LogP contribution in [0.25, 0.3) is 22.0 Å². The van der Waals surface area contributed by atoms with Crippen molar-refractivity contribution in [2.45, 2.75) is 25.1 Å². The Morgan fingerprint density at radius 2 is 1.72 bits per heavy atom. The number of alkyl halides is 3. The highest BCUT2D eigenvalue weighted by Crippen LogP contribution is 2.34. The lowest BCUT2D eigenvalue weighted by Crippen LogP contribution is -2.41. The second kappa shape index (κ2) is 13.5. The molecule has 2 fully saturated rings. The predicted octanol–water partition coefficient (Wildman–Crippen LogP) is 4.52. The smallest absolute Gasteiger partial charge is 0.393 e. The lowest BCUT2D eigenvalue weighted by molar-refractivity contribution is -0.137. The third-order valence-electron chi connectivity index (χ3n) is 8.39. The van der Waals surface area contributed by atoms with Crippen LogP contribution in [0.4, 0.5) is 24.5 Å². The summed E-state index contributed by atoms with van der Waals surface area (Å²) in [5.74, 6) is -0.942. The second-order valence-electron chi connectivity index (χ2n) is 11.6. The first-order valence-electron chi connectivity index (χ1n) is 15.3. The number of H-pyrrole nitrogens is 1. The summed E-state index contributed by atoms with van der Waals surface area (Å²) >= 11 is 0. The van der Waals surface area contributed by atoms with Crippen molar-refractivity contribution in [1.82, 2.24) is 20.4 Å². The number of amides is 2. The van der Waals surface area contributed by atoms with E-state index in [1.807, 2.05) is 18.2 Å². The molecule has 0 spiro atoms. The highest BCUT2D eigenvalue weighted by atomic mass is 19.4. The van der Waals surface area contributed by atoms with E-state index in [9.17, 15) is 27.9 Å². The van der Waals surface area contributed by atoms with Crippen LogP contribution in [0.5, 0.6) is 0 Å². The number of halogens is 3. The lowest BCUT2D eigenvalue weighted by Gasteiger charge is -2.32. The molecular formula is C33H35F3N6O4. The zero-order chi connectivity index (χ0) is 32.3. The number of hydrogen-bond acceptors (Lipinski definition) is 7. The maximum atomic E-state index is 13.8. The van der Waals surface area contributed by atoms with Crippen molar-refractivity contribution in [3.05, 3.63) is 77.5 Å². The van der Waals surface area contributed by atoms with E-state index in [1.54, 1.807) is 29.2 Å². The van der Waals surface area contributed by atoms with E-state index in [0.717, 1.165) is 42.9 Å². The van der Waals surface area contributed by atoms with Gasteiger partial charge in [-0.05, 0) is 66.4 Å². The average molecular weight is 637 g/mol. The van der Waals surface area contributed by atoms with E-state index in [-0.39, 0.29) is 11.5 Å². The molecule has 2 aliphatic heterocycles. The number of aromatic nitrogens is 2. The highest BCUT2D eigenvalue weighted by Gasteiger charge is 2.33. The number of morpholine rings is 1. The third kappa shape index (κ3) is 7.33. The Kier molecular flexibility index (Phi) is 9.24. The Morgan fingerprint density at radius 3 is 2.48 bits per heavy atom. The number of nitrogens with one attached hydrogen (secondary N) is 3. The molecule has 0 saturated carbocycles. The van der Waals surface area contributed by atoms with Gasteiger partial charge in [-0.1, -0.05) is 18.2 Å². The number of carbonyl (C=O) groups is 2. The van der Waals surface area contributed by atoms with Crippen molar-refractivity contribution < 1.29 is 32.6 Å². The van der Waals surface area contributed by atoms with Crippen LogP contribution in [0.3, 0.4) is 0 Å². The van der Waals surface area contributed by atoms with Crippen molar-refractivity contribution in [1.29, 1.82) is 0 Å². The molecular weight excluding hydrogens is 601 g/mol. The number of aliphatic hydroxyl groups is 1. The van der Waals surface area contributed by atoms with Crippen molar-refractivity contribution in [3.8, 4) is 11.1 Å². The summed E-state index contributed by atoms with van der Waals surface area (Å²) in [6.07, 6.45) is -4.23. The molecule has 6 rings (SSSR count). The van der Waals surface area contributed by atoms with Crippen LogP contribution < -0.4 is 15.5 Å². The van der Waals surface area contributed by atoms with Crippen molar-refractivity contribution >= 4 is 34.1 Å². The summed E-state index contributed by atoms with van der Waals surface area (Å²) in [7, 11) is 0. The van der Waals surface area contributed by atoms with Crippen molar-refractivity contribution in [2.75, 3.05) is 62.7 Å². The number of aromatic amines is 1. The predicted molar refractivity (Wildman–Crippen MR) is 168 cm³/mol. The van der Waals surface area contributed by atoms with Crippen LogP contribution in [0.15, 0.2) is 60.7 Å². The summed E-state index contributed by atoms with van der Waals surface area (Å²) in [6.45, 7) is 5.08. The summed E-state index contributed by atoms with van der Waals surface area (Å²) in [5, 5.41) is 23.3. The van der Waals surface area contributed by atoms with E-state index >= 15 is 0 Å². The fourth-order valence-electron chi connectivity index (χ4n) is 5.80. The highest BCUT2D eigenvalue weighted by molar-refractivity contribution is 6.06. The molecule has 4 aromatic rings. The van der Waals surface area contributed by atoms with Gasteiger partial charge in [0.25, 0.3) is 11.8 Å². The van der Waals surface area contributed by atoms with E-state index in [0.29, 0.717) is 73.7 Å². The van der Waals surface area contributed by atoms with Crippen LogP contribution in [0.2, 0.25) is 0 Å². The maximum Gasteiger partial charge on any atom is 0.416 e. The Labute approximate surface area is 263 Å². The normalized spacial score (nSPS) is 16.5. The second-order valence-corrected chi connectivity index (χ2v) is 11.6. The summed E-state index contributed by atoms with van der Waals surface area (Å²) in [5.41, 5.74) is 2.18. The molecule has 2 amide bonds. The first kappa shape index (κ1) is 31.5.